The molecule has 1 saturated carbocycles. The van der Waals surface area contributed by atoms with Crippen LogP contribution in [0.2, 0.25) is 0 Å². The summed E-state index contributed by atoms with van der Waals surface area (Å²) >= 11 is 0. The van der Waals surface area contributed by atoms with E-state index in [-0.39, 0.29) is 6.10 Å². The van der Waals surface area contributed by atoms with Gasteiger partial charge in [-0.25, -0.2) is 9.97 Å². The normalized spacial score (nSPS) is 21.6. The molecule has 0 aliphatic heterocycles. The van der Waals surface area contributed by atoms with Gasteiger partial charge in [0.05, 0.1) is 6.10 Å². The summed E-state index contributed by atoms with van der Waals surface area (Å²) in [5.41, 5.74) is 2.43. The van der Waals surface area contributed by atoms with Crippen LogP contribution in [0.15, 0.2) is 35.0 Å². The average Bonchev–Trinajstić information content (AvgIpc) is 2.84. The Labute approximate surface area is 122 Å². The number of hydrogen-bond acceptors (Lipinski definition) is 5. The third kappa shape index (κ3) is 2.05. The molecule has 0 bridgehead atoms. The third-order valence-electron chi connectivity index (χ3n) is 4.24. The number of fused-ring (bicyclic) bond motifs is 3. The van der Waals surface area contributed by atoms with Crippen molar-refractivity contribution < 1.29 is 9.52 Å². The highest BCUT2D eigenvalue weighted by Gasteiger charge is 2.29. The lowest BCUT2D eigenvalue weighted by molar-refractivity contribution is 0.0464. The van der Waals surface area contributed by atoms with E-state index in [4.69, 9.17) is 4.42 Å². The Morgan fingerprint density at radius 1 is 1.29 bits per heavy atom. The molecule has 1 N–H and O–H groups in total. The molecule has 5 nitrogen and oxygen atoms in total. The number of rotatable bonds is 3. The van der Waals surface area contributed by atoms with E-state index in [0.717, 1.165) is 47.3 Å². The van der Waals surface area contributed by atoms with Crippen LogP contribution in [0.25, 0.3) is 22.1 Å². The fraction of sp³-hybridized carbons (Fsp3) is 0.375. The maximum atomic E-state index is 9.41. The minimum absolute atomic E-state index is 0.125. The van der Waals surface area contributed by atoms with Gasteiger partial charge in [0.15, 0.2) is 11.4 Å². The van der Waals surface area contributed by atoms with Crippen LogP contribution in [-0.2, 0) is 0 Å². The van der Waals surface area contributed by atoms with Gasteiger partial charge in [0.1, 0.15) is 17.4 Å². The summed E-state index contributed by atoms with van der Waals surface area (Å²) < 4.78 is 5.94. The third-order valence-corrected chi connectivity index (χ3v) is 4.24. The van der Waals surface area contributed by atoms with Gasteiger partial charge in [-0.2, -0.15) is 0 Å². The smallest absolute Gasteiger partial charge is 0.196 e. The lowest BCUT2D eigenvalue weighted by atomic mass is 9.82. The number of furan rings is 1. The second kappa shape index (κ2) is 4.70. The van der Waals surface area contributed by atoms with Crippen LogP contribution in [0.4, 0.5) is 5.82 Å². The highest BCUT2D eigenvalue weighted by atomic mass is 16.3. The molecule has 0 unspecified atom stereocenters. The first-order valence-electron chi connectivity index (χ1n) is 7.24. The van der Waals surface area contributed by atoms with Gasteiger partial charge in [-0.3, -0.25) is 0 Å². The number of aliphatic hydroxyl groups is 1. The summed E-state index contributed by atoms with van der Waals surface area (Å²) in [4.78, 5) is 10.9. The van der Waals surface area contributed by atoms with Crippen molar-refractivity contribution in [2.75, 3.05) is 18.5 Å². The Morgan fingerprint density at radius 3 is 2.90 bits per heavy atom. The fourth-order valence-electron chi connectivity index (χ4n) is 3.11. The van der Waals surface area contributed by atoms with E-state index < -0.39 is 0 Å². The maximum Gasteiger partial charge on any atom is 0.196 e. The van der Waals surface area contributed by atoms with Crippen LogP contribution in [0.5, 0.6) is 0 Å². The highest BCUT2D eigenvalue weighted by Crippen LogP contribution is 2.33. The molecule has 108 valence electrons. The molecule has 0 radical (unpaired) electrons. The molecule has 0 spiro atoms. The largest absolute Gasteiger partial charge is 0.450 e. The summed E-state index contributed by atoms with van der Waals surface area (Å²) in [5, 5.41) is 10.4. The van der Waals surface area contributed by atoms with Crippen molar-refractivity contribution in [3.05, 3.63) is 30.6 Å². The molecule has 2 aromatic heterocycles. The van der Waals surface area contributed by atoms with Gasteiger partial charge in [0.2, 0.25) is 0 Å². The first-order valence-corrected chi connectivity index (χ1v) is 7.24. The van der Waals surface area contributed by atoms with Crippen molar-refractivity contribution in [2.24, 2.45) is 5.92 Å². The van der Waals surface area contributed by atoms with Crippen molar-refractivity contribution in [3.8, 4) is 0 Å². The number of aliphatic hydroxyl groups excluding tert-OH is 1. The van der Waals surface area contributed by atoms with Crippen LogP contribution < -0.4 is 4.90 Å². The second-order valence-corrected chi connectivity index (χ2v) is 5.85. The fourth-order valence-corrected chi connectivity index (χ4v) is 3.11. The van der Waals surface area contributed by atoms with Gasteiger partial charge in [-0.1, -0.05) is 12.1 Å². The zero-order chi connectivity index (χ0) is 14.4. The van der Waals surface area contributed by atoms with E-state index in [9.17, 15) is 5.11 Å². The number of aromatic nitrogens is 2. The second-order valence-electron chi connectivity index (χ2n) is 5.85. The first-order chi connectivity index (χ1) is 10.2. The van der Waals surface area contributed by atoms with E-state index in [2.05, 4.69) is 14.9 Å². The zero-order valence-corrected chi connectivity index (χ0v) is 11.9. The van der Waals surface area contributed by atoms with Gasteiger partial charge < -0.3 is 14.4 Å². The Bertz CT molecular complexity index is 792. The number of nitrogens with zero attached hydrogens (tertiary/aromatic N) is 3. The topological polar surface area (TPSA) is 62.4 Å². The monoisotopic (exact) mass is 283 g/mol. The molecule has 2 heterocycles. The van der Waals surface area contributed by atoms with E-state index in [1.807, 2.05) is 31.3 Å². The van der Waals surface area contributed by atoms with Crippen molar-refractivity contribution in [1.29, 1.82) is 0 Å². The Balaban J connectivity index is 1.74. The Kier molecular flexibility index (Phi) is 2.82. The Morgan fingerprint density at radius 2 is 2.10 bits per heavy atom. The van der Waals surface area contributed by atoms with E-state index in [1.165, 1.54) is 0 Å². The molecule has 3 aromatic rings. The molecule has 5 heteroatoms. The van der Waals surface area contributed by atoms with Crippen LogP contribution in [0.1, 0.15) is 12.8 Å². The van der Waals surface area contributed by atoms with Crippen molar-refractivity contribution >= 4 is 27.9 Å². The quantitative estimate of drug-likeness (QED) is 0.800. The molecule has 21 heavy (non-hydrogen) atoms. The molecule has 1 fully saturated rings. The molecule has 0 amide bonds. The van der Waals surface area contributed by atoms with Gasteiger partial charge in [0, 0.05) is 19.0 Å². The van der Waals surface area contributed by atoms with E-state index in [1.54, 1.807) is 6.33 Å². The SMILES string of the molecule is CN(CC1CC(O)C1)c1ncnc2c1oc1ccccc12. The number of hydrogen-bond donors (Lipinski definition) is 1. The summed E-state index contributed by atoms with van der Waals surface area (Å²) in [7, 11) is 2.01. The Hall–Kier alpha value is -2.14. The van der Waals surface area contributed by atoms with E-state index >= 15 is 0 Å². The molecular weight excluding hydrogens is 266 g/mol. The predicted molar refractivity (Wildman–Crippen MR) is 81.3 cm³/mol. The number of para-hydroxylation sites is 1. The van der Waals surface area contributed by atoms with Gasteiger partial charge in [0.25, 0.3) is 0 Å². The van der Waals surface area contributed by atoms with Gasteiger partial charge >= 0.3 is 0 Å². The van der Waals surface area contributed by atoms with Crippen molar-refractivity contribution in [1.82, 2.24) is 9.97 Å². The molecular formula is C16H17N3O2. The predicted octanol–water partition coefficient (Wildman–Crippen LogP) is 2.58. The summed E-state index contributed by atoms with van der Waals surface area (Å²) in [5.74, 6) is 1.34. The lowest BCUT2D eigenvalue weighted by Crippen LogP contribution is -2.37. The van der Waals surface area contributed by atoms with Crippen LogP contribution in [0, 0.1) is 5.92 Å². The van der Waals surface area contributed by atoms with Crippen LogP contribution in [0.3, 0.4) is 0 Å². The van der Waals surface area contributed by atoms with Crippen LogP contribution in [-0.4, -0.2) is 34.8 Å². The number of benzene rings is 1. The summed E-state index contributed by atoms with van der Waals surface area (Å²) in [6.45, 7) is 0.875. The number of anilines is 1. The standard InChI is InChI=1S/C16H17N3O2/c1-19(8-10-6-11(20)7-10)16-15-14(17-9-18-16)12-4-2-3-5-13(12)21-15/h2-5,9-11,20H,6-8H2,1H3. The molecule has 1 aliphatic carbocycles. The highest BCUT2D eigenvalue weighted by molar-refractivity contribution is 6.05. The minimum Gasteiger partial charge on any atom is -0.450 e. The summed E-state index contributed by atoms with van der Waals surface area (Å²) in [6, 6.07) is 7.90. The van der Waals surface area contributed by atoms with E-state index in [0.29, 0.717) is 5.92 Å². The molecule has 0 atom stereocenters. The van der Waals surface area contributed by atoms with Crippen LogP contribution >= 0.6 is 0 Å². The molecule has 0 saturated heterocycles. The van der Waals surface area contributed by atoms with Crippen molar-refractivity contribution in [2.45, 2.75) is 18.9 Å². The van der Waals surface area contributed by atoms with Gasteiger partial charge in [-0.05, 0) is 30.9 Å². The molecule has 4 rings (SSSR count). The first kappa shape index (κ1) is 12.6. The summed E-state index contributed by atoms with van der Waals surface area (Å²) in [6.07, 6.45) is 3.21. The lowest BCUT2D eigenvalue weighted by Gasteiger charge is -2.34. The molecule has 1 aromatic carbocycles. The zero-order valence-electron chi connectivity index (χ0n) is 11.9. The van der Waals surface area contributed by atoms with Gasteiger partial charge in [-0.15, -0.1) is 0 Å². The average molecular weight is 283 g/mol. The molecule has 1 aliphatic rings. The maximum absolute atomic E-state index is 9.41. The van der Waals surface area contributed by atoms with Crippen molar-refractivity contribution in [3.63, 3.8) is 0 Å². The minimum atomic E-state index is -0.125.